The Kier molecular flexibility index (Phi) is 4.97. The van der Waals surface area contributed by atoms with Gasteiger partial charge >= 0.3 is 0 Å². The second-order valence-corrected chi connectivity index (χ2v) is 5.46. The molecular weight excluding hydrogens is 299 g/mol. The summed E-state index contributed by atoms with van der Waals surface area (Å²) >= 11 is 3.36. The lowest BCUT2D eigenvalue weighted by atomic mass is 10.1. The molecule has 5 heteroatoms. The maximum absolute atomic E-state index is 13.7. The van der Waals surface area contributed by atoms with E-state index in [2.05, 4.69) is 33.5 Å². The molecule has 0 amide bonds. The standard InChI is InChI=1S/C13H18BrFN2O/c1-9(7-10-8-18-6-5-16-10)17-13-11(14)3-2-4-12(13)15/h2-4,9-10,16-17H,5-8H2,1H3. The highest BCUT2D eigenvalue weighted by Crippen LogP contribution is 2.26. The number of nitrogens with one attached hydrogen (secondary N) is 2. The minimum atomic E-state index is -0.232. The van der Waals surface area contributed by atoms with Gasteiger partial charge in [0.25, 0.3) is 0 Å². The molecule has 2 rings (SSSR count). The summed E-state index contributed by atoms with van der Waals surface area (Å²) in [4.78, 5) is 0. The second-order valence-electron chi connectivity index (χ2n) is 4.60. The molecule has 2 N–H and O–H groups in total. The molecule has 1 fully saturated rings. The number of morpholine rings is 1. The molecule has 1 aromatic carbocycles. The Balaban J connectivity index is 1.92. The first-order chi connectivity index (χ1) is 8.66. The first kappa shape index (κ1) is 13.8. The maximum atomic E-state index is 13.7. The van der Waals surface area contributed by atoms with Gasteiger partial charge in [-0.3, -0.25) is 0 Å². The van der Waals surface area contributed by atoms with E-state index < -0.39 is 0 Å². The molecule has 1 aliphatic heterocycles. The van der Waals surface area contributed by atoms with Crippen molar-refractivity contribution in [3.05, 3.63) is 28.5 Å². The zero-order valence-corrected chi connectivity index (χ0v) is 12.0. The molecule has 0 saturated carbocycles. The topological polar surface area (TPSA) is 33.3 Å². The highest BCUT2D eigenvalue weighted by Gasteiger charge is 2.17. The SMILES string of the molecule is CC(CC1COCCN1)Nc1c(F)cccc1Br. The highest BCUT2D eigenvalue weighted by molar-refractivity contribution is 9.10. The number of hydrogen-bond acceptors (Lipinski definition) is 3. The first-order valence-corrected chi connectivity index (χ1v) is 6.98. The monoisotopic (exact) mass is 316 g/mol. The fourth-order valence-corrected chi connectivity index (χ4v) is 2.60. The van der Waals surface area contributed by atoms with Gasteiger partial charge < -0.3 is 15.4 Å². The lowest BCUT2D eigenvalue weighted by Gasteiger charge is -2.27. The van der Waals surface area contributed by atoms with Gasteiger partial charge in [0.2, 0.25) is 0 Å². The summed E-state index contributed by atoms with van der Waals surface area (Å²) in [6, 6.07) is 5.50. The number of ether oxygens (including phenoxy) is 1. The highest BCUT2D eigenvalue weighted by atomic mass is 79.9. The average Bonchev–Trinajstić information content (AvgIpc) is 2.35. The third kappa shape index (κ3) is 3.67. The van der Waals surface area contributed by atoms with Crippen LogP contribution in [0.15, 0.2) is 22.7 Å². The summed E-state index contributed by atoms with van der Waals surface area (Å²) in [5, 5.41) is 6.60. The maximum Gasteiger partial charge on any atom is 0.147 e. The molecule has 0 radical (unpaired) electrons. The Labute approximate surface area is 115 Å². The minimum absolute atomic E-state index is 0.178. The van der Waals surface area contributed by atoms with Gasteiger partial charge in [0.1, 0.15) is 5.82 Å². The Bertz CT molecular complexity index is 376. The van der Waals surface area contributed by atoms with Crippen molar-refractivity contribution in [3.8, 4) is 0 Å². The zero-order valence-electron chi connectivity index (χ0n) is 10.4. The summed E-state index contributed by atoms with van der Waals surface area (Å²) in [5.41, 5.74) is 0.529. The van der Waals surface area contributed by atoms with Crippen LogP contribution in [0.2, 0.25) is 0 Å². The number of para-hydroxylation sites is 1. The van der Waals surface area contributed by atoms with Gasteiger partial charge in [0, 0.05) is 23.1 Å². The number of rotatable bonds is 4. The van der Waals surface area contributed by atoms with Crippen LogP contribution in [0.1, 0.15) is 13.3 Å². The number of hydrogen-bond donors (Lipinski definition) is 2. The van der Waals surface area contributed by atoms with Gasteiger partial charge in [0.05, 0.1) is 18.9 Å². The van der Waals surface area contributed by atoms with Crippen LogP contribution in [-0.4, -0.2) is 31.8 Å². The predicted octanol–water partition coefficient (Wildman–Crippen LogP) is 2.77. The van der Waals surface area contributed by atoms with E-state index in [-0.39, 0.29) is 11.9 Å². The fraction of sp³-hybridized carbons (Fsp3) is 0.538. The Morgan fingerprint density at radius 1 is 1.61 bits per heavy atom. The van der Waals surface area contributed by atoms with Crippen molar-refractivity contribution in [2.45, 2.75) is 25.4 Å². The third-order valence-electron chi connectivity index (χ3n) is 2.99. The van der Waals surface area contributed by atoms with Crippen LogP contribution >= 0.6 is 15.9 Å². The lowest BCUT2D eigenvalue weighted by Crippen LogP contribution is -2.43. The van der Waals surface area contributed by atoms with Crippen molar-refractivity contribution in [1.29, 1.82) is 0 Å². The quantitative estimate of drug-likeness (QED) is 0.896. The van der Waals surface area contributed by atoms with Gasteiger partial charge in [-0.25, -0.2) is 4.39 Å². The van der Waals surface area contributed by atoms with Crippen molar-refractivity contribution in [2.75, 3.05) is 25.1 Å². The summed E-state index contributed by atoms with van der Waals surface area (Å²) in [6.07, 6.45) is 0.904. The predicted molar refractivity (Wildman–Crippen MR) is 74.4 cm³/mol. The Morgan fingerprint density at radius 2 is 2.44 bits per heavy atom. The van der Waals surface area contributed by atoms with Crippen LogP contribution in [0.3, 0.4) is 0 Å². The van der Waals surface area contributed by atoms with Gasteiger partial charge in [-0.2, -0.15) is 0 Å². The molecule has 2 atom stereocenters. The van der Waals surface area contributed by atoms with Crippen LogP contribution < -0.4 is 10.6 Å². The third-order valence-corrected chi connectivity index (χ3v) is 3.65. The lowest BCUT2D eigenvalue weighted by molar-refractivity contribution is 0.0731. The van der Waals surface area contributed by atoms with Crippen LogP contribution in [0.25, 0.3) is 0 Å². The molecule has 0 aliphatic carbocycles. The molecule has 1 heterocycles. The summed E-state index contributed by atoms with van der Waals surface area (Å²) in [6.45, 7) is 4.44. The van der Waals surface area contributed by atoms with Crippen molar-refractivity contribution < 1.29 is 9.13 Å². The van der Waals surface area contributed by atoms with Crippen LogP contribution in [-0.2, 0) is 4.74 Å². The van der Waals surface area contributed by atoms with Crippen LogP contribution in [0, 0.1) is 5.82 Å². The van der Waals surface area contributed by atoms with Crippen molar-refractivity contribution in [3.63, 3.8) is 0 Å². The molecule has 1 saturated heterocycles. The second kappa shape index (κ2) is 6.50. The van der Waals surface area contributed by atoms with Crippen LogP contribution in [0.4, 0.5) is 10.1 Å². The molecule has 0 aromatic heterocycles. The molecule has 3 nitrogen and oxygen atoms in total. The Hall–Kier alpha value is -0.650. The molecule has 18 heavy (non-hydrogen) atoms. The Morgan fingerprint density at radius 3 is 3.11 bits per heavy atom. The average molecular weight is 317 g/mol. The fourth-order valence-electron chi connectivity index (χ4n) is 2.14. The summed E-state index contributed by atoms with van der Waals surface area (Å²) in [5.74, 6) is -0.232. The van der Waals surface area contributed by atoms with E-state index in [1.165, 1.54) is 6.07 Å². The molecular formula is C13H18BrFN2O. The minimum Gasteiger partial charge on any atom is -0.379 e. The number of benzene rings is 1. The largest absolute Gasteiger partial charge is 0.379 e. The van der Waals surface area contributed by atoms with Crippen molar-refractivity contribution in [2.24, 2.45) is 0 Å². The first-order valence-electron chi connectivity index (χ1n) is 6.18. The van der Waals surface area contributed by atoms with Crippen molar-refractivity contribution >= 4 is 21.6 Å². The van der Waals surface area contributed by atoms with Gasteiger partial charge in [0.15, 0.2) is 0 Å². The van der Waals surface area contributed by atoms with E-state index in [1.807, 2.05) is 6.07 Å². The zero-order chi connectivity index (χ0) is 13.0. The van der Waals surface area contributed by atoms with E-state index in [9.17, 15) is 4.39 Å². The van der Waals surface area contributed by atoms with Gasteiger partial charge in [-0.1, -0.05) is 6.07 Å². The van der Waals surface area contributed by atoms with Gasteiger partial charge in [-0.05, 0) is 41.4 Å². The van der Waals surface area contributed by atoms with E-state index >= 15 is 0 Å². The van der Waals surface area contributed by atoms with Gasteiger partial charge in [-0.15, -0.1) is 0 Å². The van der Waals surface area contributed by atoms with E-state index in [0.717, 1.165) is 30.7 Å². The molecule has 2 unspecified atom stereocenters. The normalized spacial score (nSPS) is 21.6. The van der Waals surface area contributed by atoms with Crippen molar-refractivity contribution in [1.82, 2.24) is 5.32 Å². The van der Waals surface area contributed by atoms with E-state index in [0.29, 0.717) is 11.7 Å². The number of anilines is 1. The summed E-state index contributed by atoms with van der Waals surface area (Å²) < 4.78 is 19.8. The number of halogens is 2. The molecule has 1 aliphatic rings. The summed E-state index contributed by atoms with van der Waals surface area (Å²) in [7, 11) is 0. The van der Waals surface area contributed by atoms with Crippen LogP contribution in [0.5, 0.6) is 0 Å². The van der Waals surface area contributed by atoms with E-state index in [1.54, 1.807) is 6.07 Å². The van der Waals surface area contributed by atoms with E-state index in [4.69, 9.17) is 4.74 Å². The molecule has 100 valence electrons. The molecule has 0 bridgehead atoms. The molecule has 0 spiro atoms. The smallest absolute Gasteiger partial charge is 0.147 e. The molecule has 1 aromatic rings.